The molecule has 1 fully saturated rings. The van der Waals surface area contributed by atoms with Gasteiger partial charge in [-0.3, -0.25) is 0 Å². The highest BCUT2D eigenvalue weighted by atomic mass is 16.7. The van der Waals surface area contributed by atoms with Crippen LogP contribution in [0.4, 0.5) is 0 Å². The van der Waals surface area contributed by atoms with Crippen molar-refractivity contribution in [2.24, 2.45) is 0 Å². The molecular formula is C29H58O5. The van der Waals surface area contributed by atoms with Crippen LogP contribution in [-0.4, -0.2) is 54.6 Å². The number of rotatable bonds is 25. The van der Waals surface area contributed by atoms with Gasteiger partial charge in [-0.25, -0.2) is 0 Å². The Labute approximate surface area is 211 Å². The molecule has 5 nitrogen and oxygen atoms in total. The lowest BCUT2D eigenvalue weighted by atomic mass is 10.1. The number of aliphatic hydroxyl groups excluding tert-OH is 2. The van der Waals surface area contributed by atoms with E-state index in [4.69, 9.17) is 14.2 Å². The fourth-order valence-electron chi connectivity index (χ4n) is 4.76. The third-order valence-corrected chi connectivity index (χ3v) is 7.04. The van der Waals surface area contributed by atoms with Crippen LogP contribution in [0.15, 0.2) is 0 Å². The van der Waals surface area contributed by atoms with Gasteiger partial charge < -0.3 is 24.4 Å². The van der Waals surface area contributed by atoms with E-state index in [1.807, 2.05) is 0 Å². The second-order valence-electron chi connectivity index (χ2n) is 10.3. The molecule has 0 aromatic heterocycles. The molecule has 2 N–H and O–H groups in total. The van der Waals surface area contributed by atoms with Gasteiger partial charge in [0, 0.05) is 13.2 Å². The van der Waals surface area contributed by atoms with Gasteiger partial charge in [0.15, 0.2) is 6.29 Å². The summed E-state index contributed by atoms with van der Waals surface area (Å²) in [6.45, 7) is 6.19. The monoisotopic (exact) mass is 486 g/mol. The molecule has 1 saturated heterocycles. The number of unbranched alkanes of at least 4 members (excludes halogenated alkanes) is 18. The molecule has 204 valence electrons. The Bertz CT molecular complexity index is 419. The molecule has 0 spiro atoms. The van der Waals surface area contributed by atoms with Crippen molar-refractivity contribution in [3.63, 3.8) is 0 Å². The van der Waals surface area contributed by atoms with Gasteiger partial charge >= 0.3 is 0 Å². The molecule has 0 saturated carbocycles. The number of hydrogen-bond acceptors (Lipinski definition) is 5. The number of hydrogen-bond donors (Lipinski definition) is 2. The molecular weight excluding hydrogens is 428 g/mol. The van der Waals surface area contributed by atoms with Crippen molar-refractivity contribution in [1.29, 1.82) is 0 Å². The normalized spacial score (nSPS) is 22.6. The third-order valence-electron chi connectivity index (χ3n) is 7.04. The Balaban J connectivity index is 1.99. The molecule has 1 aliphatic heterocycles. The molecule has 0 radical (unpaired) electrons. The van der Waals surface area contributed by atoms with Gasteiger partial charge in [-0.1, -0.05) is 129 Å². The van der Waals surface area contributed by atoms with E-state index in [0.717, 1.165) is 19.3 Å². The summed E-state index contributed by atoms with van der Waals surface area (Å²) in [4.78, 5) is 0. The summed E-state index contributed by atoms with van der Waals surface area (Å²) in [6.07, 6.45) is 22.8. The fourth-order valence-corrected chi connectivity index (χ4v) is 4.76. The SMILES string of the molecule is CCCCCCCCCCCCOC[C@H]1OC(O)[C@H](O)[C@H]1OCCCCCCCCCCCC. The molecule has 0 aromatic rings. The van der Waals surface area contributed by atoms with Gasteiger partial charge in [-0.05, 0) is 12.8 Å². The van der Waals surface area contributed by atoms with Gasteiger partial charge in [0.2, 0.25) is 0 Å². The highest BCUT2D eigenvalue weighted by molar-refractivity contribution is 4.87. The van der Waals surface area contributed by atoms with Gasteiger partial charge in [0.1, 0.15) is 18.3 Å². The lowest BCUT2D eigenvalue weighted by Gasteiger charge is -2.20. The van der Waals surface area contributed by atoms with E-state index in [0.29, 0.717) is 19.8 Å². The maximum Gasteiger partial charge on any atom is 0.184 e. The van der Waals surface area contributed by atoms with Crippen LogP contribution in [0.2, 0.25) is 0 Å². The molecule has 4 atom stereocenters. The molecule has 34 heavy (non-hydrogen) atoms. The molecule has 0 aromatic carbocycles. The summed E-state index contributed by atoms with van der Waals surface area (Å²) >= 11 is 0. The minimum absolute atomic E-state index is 0.369. The van der Waals surface area contributed by atoms with Crippen molar-refractivity contribution in [2.45, 2.75) is 167 Å². The van der Waals surface area contributed by atoms with Crippen molar-refractivity contribution in [1.82, 2.24) is 0 Å². The van der Waals surface area contributed by atoms with Gasteiger partial charge in [-0.2, -0.15) is 0 Å². The molecule has 1 aliphatic rings. The van der Waals surface area contributed by atoms with Crippen LogP contribution < -0.4 is 0 Å². The zero-order valence-electron chi connectivity index (χ0n) is 22.7. The molecule has 0 bridgehead atoms. The summed E-state index contributed by atoms with van der Waals surface area (Å²) in [5, 5.41) is 20.1. The highest BCUT2D eigenvalue weighted by Crippen LogP contribution is 2.23. The van der Waals surface area contributed by atoms with Crippen LogP contribution in [0.25, 0.3) is 0 Å². The van der Waals surface area contributed by atoms with Gasteiger partial charge in [0.05, 0.1) is 6.61 Å². The summed E-state index contributed by atoms with van der Waals surface area (Å²) in [5.74, 6) is 0. The minimum atomic E-state index is -1.18. The molecule has 5 heteroatoms. The first-order valence-electron chi connectivity index (χ1n) is 14.9. The Morgan fingerprint density at radius 3 is 1.44 bits per heavy atom. The maximum atomic E-state index is 10.2. The van der Waals surface area contributed by atoms with Crippen molar-refractivity contribution in [3.05, 3.63) is 0 Å². The average molecular weight is 487 g/mol. The maximum absolute atomic E-state index is 10.2. The smallest absolute Gasteiger partial charge is 0.184 e. The summed E-state index contributed by atoms with van der Waals surface area (Å²) < 4.78 is 17.2. The van der Waals surface area contributed by atoms with Crippen molar-refractivity contribution in [3.8, 4) is 0 Å². The first kappa shape index (κ1) is 31.8. The fraction of sp³-hybridized carbons (Fsp3) is 1.00. The zero-order chi connectivity index (χ0) is 24.7. The van der Waals surface area contributed by atoms with Crippen molar-refractivity contribution in [2.75, 3.05) is 19.8 Å². The van der Waals surface area contributed by atoms with Crippen LogP contribution in [0.3, 0.4) is 0 Å². The standard InChI is InChI=1S/C29H58O5/c1-3-5-7-9-11-13-15-17-19-21-23-32-25-26-28(27(30)29(31)34-26)33-24-22-20-18-16-14-12-10-8-6-4-2/h26-31H,3-25H2,1-2H3/t26-,27-,28+,29?/m1/s1. The van der Waals surface area contributed by atoms with E-state index in [9.17, 15) is 10.2 Å². The lowest BCUT2D eigenvalue weighted by Crippen LogP contribution is -2.37. The van der Waals surface area contributed by atoms with E-state index < -0.39 is 24.6 Å². The van der Waals surface area contributed by atoms with Crippen LogP contribution in [0.5, 0.6) is 0 Å². The number of aliphatic hydroxyl groups is 2. The largest absolute Gasteiger partial charge is 0.385 e. The van der Waals surface area contributed by atoms with E-state index in [1.165, 1.54) is 109 Å². The first-order chi connectivity index (χ1) is 16.7. The quantitative estimate of drug-likeness (QED) is 0.132. The zero-order valence-corrected chi connectivity index (χ0v) is 22.7. The Hall–Kier alpha value is -0.200. The molecule has 0 amide bonds. The van der Waals surface area contributed by atoms with Gasteiger partial charge in [-0.15, -0.1) is 0 Å². The van der Waals surface area contributed by atoms with Crippen LogP contribution >= 0.6 is 0 Å². The van der Waals surface area contributed by atoms with Crippen molar-refractivity contribution < 1.29 is 24.4 Å². The average Bonchev–Trinajstić information content (AvgIpc) is 3.10. The van der Waals surface area contributed by atoms with Gasteiger partial charge in [0.25, 0.3) is 0 Å². The Kier molecular flexibility index (Phi) is 21.7. The summed E-state index contributed by atoms with van der Waals surface area (Å²) in [6, 6.07) is 0. The first-order valence-corrected chi connectivity index (χ1v) is 14.9. The number of ether oxygens (including phenoxy) is 3. The predicted molar refractivity (Wildman–Crippen MR) is 141 cm³/mol. The second kappa shape index (κ2) is 23.2. The molecule has 0 aliphatic carbocycles. The van der Waals surface area contributed by atoms with Crippen LogP contribution in [0, 0.1) is 0 Å². The van der Waals surface area contributed by atoms with Crippen LogP contribution in [-0.2, 0) is 14.2 Å². The van der Waals surface area contributed by atoms with Crippen LogP contribution in [0.1, 0.15) is 142 Å². The lowest BCUT2D eigenvalue weighted by molar-refractivity contribution is -0.137. The topological polar surface area (TPSA) is 68.2 Å². The predicted octanol–water partition coefficient (Wildman–Crippen LogP) is 7.31. The Morgan fingerprint density at radius 1 is 0.559 bits per heavy atom. The van der Waals surface area contributed by atoms with E-state index in [2.05, 4.69) is 13.8 Å². The third kappa shape index (κ3) is 16.5. The molecule has 1 unspecified atom stereocenters. The summed E-state index contributed by atoms with van der Waals surface area (Å²) in [7, 11) is 0. The molecule has 1 heterocycles. The molecule has 1 rings (SSSR count). The Morgan fingerprint density at radius 2 is 0.971 bits per heavy atom. The minimum Gasteiger partial charge on any atom is -0.385 e. The second-order valence-corrected chi connectivity index (χ2v) is 10.3. The van der Waals surface area contributed by atoms with E-state index in [1.54, 1.807) is 0 Å². The summed E-state index contributed by atoms with van der Waals surface area (Å²) in [5.41, 5.74) is 0. The van der Waals surface area contributed by atoms with Crippen molar-refractivity contribution >= 4 is 0 Å². The van der Waals surface area contributed by atoms with E-state index in [-0.39, 0.29) is 0 Å². The van der Waals surface area contributed by atoms with E-state index >= 15 is 0 Å². The highest BCUT2D eigenvalue weighted by Gasteiger charge is 2.43.